The monoisotopic (exact) mass is 304 g/mol. The lowest BCUT2D eigenvalue weighted by Gasteiger charge is -2.10. The highest BCUT2D eigenvalue weighted by Crippen LogP contribution is 2.11. The van der Waals surface area contributed by atoms with Crippen LogP contribution in [0.15, 0.2) is 12.7 Å². The van der Waals surface area contributed by atoms with Gasteiger partial charge in [0.15, 0.2) is 6.10 Å². The maximum Gasteiger partial charge on any atom is 0.303 e. The van der Waals surface area contributed by atoms with Crippen LogP contribution < -0.4 is 0 Å². The van der Waals surface area contributed by atoms with Crippen molar-refractivity contribution in [2.24, 2.45) is 0 Å². The zero-order chi connectivity index (χ0) is 16.6. The van der Waals surface area contributed by atoms with Crippen molar-refractivity contribution >= 4 is 5.97 Å². The highest BCUT2D eigenvalue weighted by Gasteiger charge is 2.07. The molecular formula is C19H28O3. The van der Waals surface area contributed by atoms with Gasteiger partial charge in [-0.25, -0.2) is 0 Å². The van der Waals surface area contributed by atoms with E-state index in [1.54, 1.807) is 0 Å². The molecule has 0 aliphatic heterocycles. The predicted octanol–water partition coefficient (Wildman–Crippen LogP) is 3.61. The molecular weight excluding hydrogens is 276 g/mol. The fourth-order valence-corrected chi connectivity index (χ4v) is 1.93. The van der Waals surface area contributed by atoms with Crippen LogP contribution in [0.5, 0.6) is 0 Å². The minimum Gasteiger partial charge on any atom is -0.449 e. The molecule has 0 aromatic rings. The summed E-state index contributed by atoms with van der Waals surface area (Å²) in [6, 6.07) is 0. The molecule has 0 aliphatic rings. The van der Waals surface area contributed by atoms with E-state index in [4.69, 9.17) is 4.74 Å². The Labute approximate surface area is 135 Å². The van der Waals surface area contributed by atoms with E-state index in [-0.39, 0.29) is 5.97 Å². The standard InChI is InChI=1S/C19H28O3/c1-4-6-7-8-9-10-11-15-19(22-17(3)20)16-13-12-14-18(21)5-2/h5,18-19,21H,2,4,6-11,15H2,1,3H3/t18-,19+/m0/s1. The molecule has 0 saturated carbocycles. The lowest BCUT2D eigenvalue weighted by molar-refractivity contribution is -0.144. The molecule has 0 saturated heterocycles. The summed E-state index contributed by atoms with van der Waals surface area (Å²) in [7, 11) is 0. The summed E-state index contributed by atoms with van der Waals surface area (Å²) in [4.78, 5) is 11.1. The van der Waals surface area contributed by atoms with E-state index in [2.05, 4.69) is 37.2 Å². The molecule has 3 nitrogen and oxygen atoms in total. The molecule has 0 bridgehead atoms. The highest BCUT2D eigenvalue weighted by atomic mass is 16.5. The molecule has 0 aliphatic carbocycles. The Morgan fingerprint density at radius 3 is 2.32 bits per heavy atom. The van der Waals surface area contributed by atoms with E-state index in [9.17, 15) is 9.90 Å². The molecule has 22 heavy (non-hydrogen) atoms. The van der Waals surface area contributed by atoms with E-state index < -0.39 is 12.2 Å². The number of unbranched alkanes of at least 4 members (excludes halogenated alkanes) is 6. The second-order valence-electron chi connectivity index (χ2n) is 5.23. The van der Waals surface area contributed by atoms with Crippen LogP contribution in [0.25, 0.3) is 0 Å². The Bertz CT molecular complexity index is 431. The first kappa shape index (κ1) is 20.3. The van der Waals surface area contributed by atoms with Gasteiger partial charge in [0.2, 0.25) is 0 Å². The minimum atomic E-state index is -0.871. The van der Waals surface area contributed by atoms with Crippen molar-refractivity contribution in [3.05, 3.63) is 12.7 Å². The Morgan fingerprint density at radius 2 is 1.73 bits per heavy atom. The van der Waals surface area contributed by atoms with Crippen molar-refractivity contribution < 1.29 is 14.6 Å². The van der Waals surface area contributed by atoms with Crippen molar-refractivity contribution in [3.63, 3.8) is 0 Å². The van der Waals surface area contributed by atoms with Crippen molar-refractivity contribution in [3.8, 4) is 23.7 Å². The molecule has 0 unspecified atom stereocenters. The van der Waals surface area contributed by atoms with Crippen LogP contribution in [0.4, 0.5) is 0 Å². The number of esters is 1. The number of aliphatic hydroxyl groups is 1. The Kier molecular flexibility index (Phi) is 13.1. The second kappa shape index (κ2) is 14.2. The summed E-state index contributed by atoms with van der Waals surface area (Å²) in [5.41, 5.74) is 0. The average Bonchev–Trinajstić information content (AvgIpc) is 2.49. The summed E-state index contributed by atoms with van der Waals surface area (Å²) >= 11 is 0. The first-order valence-electron chi connectivity index (χ1n) is 8.09. The number of aliphatic hydroxyl groups excluding tert-OH is 1. The van der Waals surface area contributed by atoms with Crippen LogP contribution in [-0.4, -0.2) is 23.3 Å². The van der Waals surface area contributed by atoms with Crippen molar-refractivity contribution in [2.75, 3.05) is 0 Å². The quantitative estimate of drug-likeness (QED) is 0.290. The zero-order valence-corrected chi connectivity index (χ0v) is 13.9. The highest BCUT2D eigenvalue weighted by molar-refractivity contribution is 5.66. The second-order valence-corrected chi connectivity index (χ2v) is 5.23. The summed E-state index contributed by atoms with van der Waals surface area (Å²) in [5, 5.41) is 9.19. The molecule has 0 spiro atoms. The fraction of sp³-hybridized carbons (Fsp3) is 0.632. The number of ether oxygens (including phenoxy) is 1. The van der Waals surface area contributed by atoms with Crippen molar-refractivity contribution in [2.45, 2.75) is 77.4 Å². The van der Waals surface area contributed by atoms with Crippen LogP contribution in [-0.2, 0) is 9.53 Å². The van der Waals surface area contributed by atoms with Gasteiger partial charge in [0.1, 0.15) is 6.10 Å². The molecule has 0 aromatic heterocycles. The lowest BCUT2D eigenvalue weighted by atomic mass is 10.1. The summed E-state index contributed by atoms with van der Waals surface area (Å²) in [6.07, 6.45) is 9.23. The summed E-state index contributed by atoms with van der Waals surface area (Å²) in [5.74, 6) is 10.2. The van der Waals surface area contributed by atoms with Gasteiger partial charge in [-0.2, -0.15) is 0 Å². The van der Waals surface area contributed by atoms with Gasteiger partial charge < -0.3 is 9.84 Å². The van der Waals surface area contributed by atoms with Crippen LogP contribution in [0.2, 0.25) is 0 Å². The van der Waals surface area contributed by atoms with Gasteiger partial charge in [-0.3, -0.25) is 4.79 Å². The van der Waals surface area contributed by atoms with Crippen LogP contribution in [0, 0.1) is 23.7 Å². The van der Waals surface area contributed by atoms with Gasteiger partial charge in [0, 0.05) is 6.92 Å². The normalized spacial score (nSPS) is 12.1. The Morgan fingerprint density at radius 1 is 1.14 bits per heavy atom. The molecule has 0 amide bonds. The van der Waals surface area contributed by atoms with Gasteiger partial charge in [0.25, 0.3) is 0 Å². The molecule has 1 N–H and O–H groups in total. The Balaban J connectivity index is 4.12. The molecule has 0 rings (SSSR count). The van der Waals surface area contributed by atoms with E-state index in [0.717, 1.165) is 19.3 Å². The largest absolute Gasteiger partial charge is 0.449 e. The molecule has 122 valence electrons. The molecule has 0 radical (unpaired) electrons. The summed E-state index contributed by atoms with van der Waals surface area (Å²) < 4.78 is 5.17. The molecule has 0 heterocycles. The number of carbonyl (C=O) groups excluding carboxylic acids is 1. The van der Waals surface area contributed by atoms with E-state index in [0.29, 0.717) is 0 Å². The summed E-state index contributed by atoms with van der Waals surface area (Å²) in [6.45, 7) is 7.01. The number of carbonyl (C=O) groups is 1. The van der Waals surface area contributed by atoms with Gasteiger partial charge in [-0.1, -0.05) is 64.0 Å². The third kappa shape index (κ3) is 13.3. The van der Waals surface area contributed by atoms with Crippen LogP contribution in [0.3, 0.4) is 0 Å². The van der Waals surface area contributed by atoms with Crippen molar-refractivity contribution in [1.29, 1.82) is 0 Å². The number of hydrogen-bond acceptors (Lipinski definition) is 3. The van der Waals surface area contributed by atoms with E-state index in [1.807, 2.05) is 0 Å². The number of rotatable bonds is 10. The fourth-order valence-electron chi connectivity index (χ4n) is 1.93. The Hall–Kier alpha value is -1.71. The molecule has 0 fully saturated rings. The smallest absolute Gasteiger partial charge is 0.303 e. The van der Waals surface area contributed by atoms with Gasteiger partial charge in [-0.05, 0) is 30.6 Å². The predicted molar refractivity (Wildman–Crippen MR) is 89.9 cm³/mol. The first-order valence-corrected chi connectivity index (χ1v) is 8.09. The molecule has 2 atom stereocenters. The van der Waals surface area contributed by atoms with Gasteiger partial charge in [-0.15, -0.1) is 0 Å². The van der Waals surface area contributed by atoms with Crippen LogP contribution >= 0.6 is 0 Å². The van der Waals surface area contributed by atoms with E-state index >= 15 is 0 Å². The maximum absolute atomic E-state index is 11.1. The maximum atomic E-state index is 11.1. The average molecular weight is 304 g/mol. The third-order valence-electron chi connectivity index (χ3n) is 3.12. The van der Waals surface area contributed by atoms with Gasteiger partial charge >= 0.3 is 5.97 Å². The topological polar surface area (TPSA) is 46.5 Å². The van der Waals surface area contributed by atoms with E-state index in [1.165, 1.54) is 45.1 Å². The lowest BCUT2D eigenvalue weighted by Crippen LogP contribution is -2.14. The zero-order valence-electron chi connectivity index (χ0n) is 13.9. The van der Waals surface area contributed by atoms with Gasteiger partial charge in [0.05, 0.1) is 0 Å². The molecule has 3 heteroatoms. The number of hydrogen-bond donors (Lipinski definition) is 1. The minimum absolute atomic E-state index is 0.332. The first-order chi connectivity index (χ1) is 10.6. The van der Waals surface area contributed by atoms with Crippen molar-refractivity contribution in [1.82, 2.24) is 0 Å². The SMILES string of the molecule is C=C[C@H](O)C#CC#C[C@@H](CCCCCCCCC)OC(C)=O. The molecule has 0 aromatic carbocycles. The third-order valence-corrected chi connectivity index (χ3v) is 3.12. The van der Waals surface area contributed by atoms with Crippen LogP contribution in [0.1, 0.15) is 65.2 Å².